The van der Waals surface area contributed by atoms with Crippen LogP contribution in [0.4, 0.5) is 5.69 Å². The molecule has 0 bridgehead atoms. The van der Waals surface area contributed by atoms with E-state index in [2.05, 4.69) is 9.71 Å². The second-order valence-electron chi connectivity index (χ2n) is 3.76. The SMILES string of the molecule is CNS(=O)(=O)c1ccc(Sc2nc(C)co2)cc1N. The molecule has 0 atom stereocenters. The fraction of sp³-hybridized carbons (Fsp3) is 0.182. The van der Waals surface area contributed by atoms with Gasteiger partial charge in [0.15, 0.2) is 0 Å². The minimum absolute atomic E-state index is 0.0583. The van der Waals surface area contributed by atoms with Gasteiger partial charge in [0.1, 0.15) is 11.2 Å². The summed E-state index contributed by atoms with van der Waals surface area (Å²) >= 11 is 1.28. The number of sulfonamides is 1. The van der Waals surface area contributed by atoms with E-state index in [4.69, 9.17) is 10.2 Å². The number of hydrogen-bond donors (Lipinski definition) is 2. The molecule has 1 aromatic carbocycles. The first kappa shape index (κ1) is 13.9. The second-order valence-corrected chi connectivity index (χ2v) is 6.64. The van der Waals surface area contributed by atoms with Crippen LogP contribution in [0.2, 0.25) is 0 Å². The highest BCUT2D eigenvalue weighted by molar-refractivity contribution is 7.99. The molecule has 2 aromatic rings. The van der Waals surface area contributed by atoms with E-state index in [0.717, 1.165) is 10.6 Å². The van der Waals surface area contributed by atoms with Gasteiger partial charge in [0.2, 0.25) is 10.0 Å². The van der Waals surface area contributed by atoms with Gasteiger partial charge in [-0.15, -0.1) is 0 Å². The number of benzene rings is 1. The molecule has 0 amide bonds. The number of oxazole rings is 1. The Morgan fingerprint density at radius 2 is 2.16 bits per heavy atom. The van der Waals surface area contributed by atoms with Crippen LogP contribution in [0.25, 0.3) is 0 Å². The summed E-state index contributed by atoms with van der Waals surface area (Å²) < 4.78 is 30.8. The van der Waals surface area contributed by atoms with Gasteiger partial charge in [-0.3, -0.25) is 0 Å². The molecule has 1 heterocycles. The van der Waals surface area contributed by atoms with E-state index in [1.165, 1.54) is 24.9 Å². The lowest BCUT2D eigenvalue weighted by Crippen LogP contribution is -2.19. The van der Waals surface area contributed by atoms with Crippen LogP contribution < -0.4 is 10.5 Å². The van der Waals surface area contributed by atoms with Crippen LogP contribution in [0, 0.1) is 6.92 Å². The zero-order chi connectivity index (χ0) is 14.0. The summed E-state index contributed by atoms with van der Waals surface area (Å²) in [4.78, 5) is 4.96. The largest absolute Gasteiger partial charge is 0.439 e. The lowest BCUT2D eigenvalue weighted by Gasteiger charge is -2.07. The van der Waals surface area contributed by atoms with E-state index in [-0.39, 0.29) is 10.6 Å². The number of nitrogens with two attached hydrogens (primary N) is 1. The Hall–Kier alpha value is -1.51. The quantitative estimate of drug-likeness (QED) is 0.833. The molecule has 0 saturated heterocycles. The molecule has 0 aliphatic carbocycles. The smallest absolute Gasteiger partial charge is 0.260 e. The van der Waals surface area contributed by atoms with Crippen LogP contribution in [0.15, 0.2) is 43.9 Å². The Labute approximate surface area is 115 Å². The average molecular weight is 299 g/mol. The number of nitrogens with one attached hydrogen (secondary N) is 1. The molecule has 6 nitrogen and oxygen atoms in total. The number of nitrogen functional groups attached to an aromatic ring is 1. The maximum absolute atomic E-state index is 11.7. The van der Waals surface area contributed by atoms with Gasteiger partial charge in [-0.2, -0.15) is 0 Å². The summed E-state index contributed by atoms with van der Waals surface area (Å²) in [6.45, 7) is 1.82. The average Bonchev–Trinajstić information content (AvgIpc) is 2.74. The van der Waals surface area contributed by atoms with Crippen molar-refractivity contribution in [3.8, 4) is 0 Å². The zero-order valence-corrected chi connectivity index (χ0v) is 12.0. The van der Waals surface area contributed by atoms with Crippen LogP contribution in [0.1, 0.15) is 5.69 Å². The molecular formula is C11H13N3O3S2. The Kier molecular flexibility index (Phi) is 3.83. The first-order chi connectivity index (χ1) is 8.92. The normalized spacial score (nSPS) is 11.7. The van der Waals surface area contributed by atoms with E-state index in [9.17, 15) is 8.42 Å². The third-order valence-corrected chi connectivity index (χ3v) is 4.68. The van der Waals surface area contributed by atoms with Gasteiger partial charge in [0, 0.05) is 4.90 Å². The van der Waals surface area contributed by atoms with Gasteiger partial charge < -0.3 is 10.2 Å². The van der Waals surface area contributed by atoms with Crippen LogP contribution in [0.3, 0.4) is 0 Å². The first-order valence-electron chi connectivity index (χ1n) is 5.35. The molecule has 0 aliphatic heterocycles. The third-order valence-electron chi connectivity index (χ3n) is 2.34. The molecule has 102 valence electrons. The van der Waals surface area contributed by atoms with Crippen LogP contribution in [-0.4, -0.2) is 20.4 Å². The molecule has 1 aromatic heterocycles. The maximum Gasteiger partial charge on any atom is 0.260 e. The third kappa shape index (κ3) is 3.09. The van der Waals surface area contributed by atoms with Gasteiger partial charge in [-0.25, -0.2) is 18.1 Å². The highest BCUT2D eigenvalue weighted by Crippen LogP contribution is 2.30. The van der Waals surface area contributed by atoms with E-state index in [0.29, 0.717) is 5.22 Å². The molecule has 0 spiro atoms. The summed E-state index contributed by atoms with van der Waals surface area (Å²) in [5.41, 5.74) is 6.72. The van der Waals surface area contributed by atoms with Crippen LogP contribution in [0.5, 0.6) is 0 Å². The van der Waals surface area contributed by atoms with E-state index in [1.54, 1.807) is 18.4 Å². The standard InChI is InChI=1S/C11H13N3O3S2/c1-7-6-17-11(14-7)18-8-3-4-10(9(12)5-8)19(15,16)13-2/h3-6,13H,12H2,1-2H3. The zero-order valence-electron chi connectivity index (χ0n) is 10.4. The second kappa shape index (κ2) is 5.24. The Balaban J connectivity index is 2.29. The number of aromatic nitrogens is 1. The topological polar surface area (TPSA) is 98.2 Å². The summed E-state index contributed by atoms with van der Waals surface area (Å²) in [6, 6.07) is 4.69. The fourth-order valence-corrected chi connectivity index (χ4v) is 3.07. The summed E-state index contributed by atoms with van der Waals surface area (Å²) in [5, 5.41) is 0.487. The predicted molar refractivity (Wildman–Crippen MR) is 72.5 cm³/mol. The van der Waals surface area contributed by atoms with E-state index in [1.807, 2.05) is 6.92 Å². The molecule has 0 aliphatic rings. The minimum atomic E-state index is -3.54. The van der Waals surface area contributed by atoms with Crippen molar-refractivity contribution in [1.82, 2.24) is 9.71 Å². The van der Waals surface area contributed by atoms with E-state index < -0.39 is 10.0 Å². The summed E-state index contributed by atoms with van der Waals surface area (Å²) in [7, 11) is -2.20. The van der Waals surface area contributed by atoms with Crippen molar-refractivity contribution in [2.24, 2.45) is 0 Å². The molecule has 0 radical (unpaired) electrons. The fourth-order valence-electron chi connectivity index (χ4n) is 1.42. The molecule has 3 N–H and O–H groups in total. The van der Waals surface area contributed by atoms with Gasteiger partial charge in [-0.1, -0.05) is 0 Å². The summed E-state index contributed by atoms with van der Waals surface area (Å²) in [6.07, 6.45) is 1.55. The highest BCUT2D eigenvalue weighted by Gasteiger charge is 2.16. The lowest BCUT2D eigenvalue weighted by atomic mass is 10.3. The van der Waals surface area contributed by atoms with E-state index >= 15 is 0 Å². The summed E-state index contributed by atoms with van der Waals surface area (Å²) in [5.74, 6) is 0. The van der Waals surface area contributed by atoms with Crippen molar-refractivity contribution < 1.29 is 12.8 Å². The number of nitrogens with zero attached hydrogens (tertiary/aromatic N) is 1. The number of aryl methyl sites for hydroxylation is 1. The van der Waals surface area contributed by atoms with Crippen molar-refractivity contribution in [2.75, 3.05) is 12.8 Å². The molecule has 0 saturated carbocycles. The van der Waals surface area contributed by atoms with Crippen molar-refractivity contribution in [3.05, 3.63) is 30.2 Å². The van der Waals surface area contributed by atoms with Crippen molar-refractivity contribution in [2.45, 2.75) is 21.9 Å². The maximum atomic E-state index is 11.7. The Morgan fingerprint density at radius 3 is 2.68 bits per heavy atom. The van der Waals surface area contributed by atoms with Crippen molar-refractivity contribution in [3.63, 3.8) is 0 Å². The van der Waals surface area contributed by atoms with Gasteiger partial charge in [0.05, 0.1) is 11.4 Å². The molecule has 19 heavy (non-hydrogen) atoms. The molecular weight excluding hydrogens is 286 g/mol. The number of rotatable bonds is 4. The minimum Gasteiger partial charge on any atom is -0.439 e. The van der Waals surface area contributed by atoms with Gasteiger partial charge >= 0.3 is 0 Å². The molecule has 8 heteroatoms. The Morgan fingerprint density at radius 1 is 1.42 bits per heavy atom. The first-order valence-corrected chi connectivity index (χ1v) is 7.65. The Bertz CT molecular complexity index is 695. The van der Waals surface area contributed by atoms with Gasteiger partial charge in [-0.05, 0) is 43.9 Å². The molecule has 2 rings (SSSR count). The predicted octanol–water partition coefficient (Wildman–Crippen LogP) is 1.62. The van der Waals surface area contributed by atoms with Crippen LogP contribution >= 0.6 is 11.8 Å². The monoisotopic (exact) mass is 299 g/mol. The number of hydrogen-bond acceptors (Lipinski definition) is 6. The van der Waals surface area contributed by atoms with Crippen LogP contribution in [-0.2, 0) is 10.0 Å². The lowest BCUT2D eigenvalue weighted by molar-refractivity contribution is 0.454. The molecule has 0 fully saturated rings. The number of anilines is 1. The highest BCUT2D eigenvalue weighted by atomic mass is 32.2. The van der Waals surface area contributed by atoms with Gasteiger partial charge in [0.25, 0.3) is 5.22 Å². The van der Waals surface area contributed by atoms with Crippen molar-refractivity contribution in [1.29, 1.82) is 0 Å². The van der Waals surface area contributed by atoms with Crippen molar-refractivity contribution >= 4 is 27.5 Å². The molecule has 0 unspecified atom stereocenters.